The number of para-hydroxylation sites is 1. The topological polar surface area (TPSA) is 99.2 Å². The average molecular weight is 471 g/mol. The number of carbonyl (C=O) groups excluding carboxylic acids is 3. The van der Waals surface area contributed by atoms with Gasteiger partial charge in [-0.1, -0.05) is 25.1 Å². The molecule has 1 aromatic carbocycles. The second kappa shape index (κ2) is 9.98. The number of hydrogen-bond donors (Lipinski definition) is 2. The lowest BCUT2D eigenvalue weighted by atomic mass is 9.69. The molecule has 0 unspecified atom stereocenters. The minimum Gasteiger partial charge on any atom is -0.390 e. The summed E-state index contributed by atoms with van der Waals surface area (Å²) in [6, 6.07) is 9.73. The van der Waals surface area contributed by atoms with Crippen LogP contribution in [0.4, 0.5) is 18.9 Å². The van der Waals surface area contributed by atoms with Crippen LogP contribution in [0.15, 0.2) is 30.3 Å². The fourth-order valence-corrected chi connectivity index (χ4v) is 4.46. The van der Waals surface area contributed by atoms with E-state index in [9.17, 15) is 32.7 Å². The van der Waals surface area contributed by atoms with Crippen molar-refractivity contribution >= 4 is 23.5 Å². The highest BCUT2D eigenvalue weighted by atomic mass is 19.4. The van der Waals surface area contributed by atoms with Gasteiger partial charge in [-0.15, -0.1) is 0 Å². The van der Waals surface area contributed by atoms with Crippen LogP contribution in [-0.2, 0) is 19.2 Å². The fraction of sp³-hybridized carbons (Fsp3) is 0.591. The smallest absolute Gasteiger partial charge is 0.390 e. The van der Waals surface area contributed by atoms with Crippen molar-refractivity contribution in [3.63, 3.8) is 0 Å². The molecule has 1 saturated heterocycles. The molecule has 0 radical (unpaired) electrons. The first kappa shape index (κ1) is 24.8. The van der Waals surface area contributed by atoms with Crippen molar-refractivity contribution < 1.29 is 37.5 Å². The minimum absolute atomic E-state index is 0.112. The van der Waals surface area contributed by atoms with Crippen molar-refractivity contribution in [1.82, 2.24) is 10.4 Å². The third-order valence-corrected chi connectivity index (χ3v) is 6.51. The molecule has 1 aliphatic heterocycles. The quantitative estimate of drug-likeness (QED) is 0.652. The molecule has 0 spiro atoms. The molecule has 2 fully saturated rings. The summed E-state index contributed by atoms with van der Waals surface area (Å²) in [5, 5.41) is 10.7. The van der Waals surface area contributed by atoms with Crippen molar-refractivity contribution in [2.45, 2.75) is 44.4 Å². The van der Waals surface area contributed by atoms with Gasteiger partial charge in [0.1, 0.15) is 0 Å². The minimum atomic E-state index is -5.27. The molecule has 1 heterocycles. The number of anilines is 1. The van der Waals surface area contributed by atoms with Gasteiger partial charge in [-0.2, -0.15) is 18.7 Å². The zero-order chi connectivity index (χ0) is 24.2. The molecule has 2 N–H and O–H groups in total. The number of aliphatic hydroxyl groups is 1. The number of alkyl halides is 3. The number of piperazine rings is 1. The Kier molecular flexibility index (Phi) is 7.51. The first-order valence-electron chi connectivity index (χ1n) is 10.9. The van der Waals surface area contributed by atoms with Crippen LogP contribution in [0.2, 0.25) is 0 Å². The molecule has 2 amide bonds. The molecule has 1 aliphatic carbocycles. The Labute approximate surface area is 189 Å². The summed E-state index contributed by atoms with van der Waals surface area (Å²) in [5.74, 6) is -5.82. The van der Waals surface area contributed by atoms with Gasteiger partial charge in [0, 0.05) is 31.9 Å². The van der Waals surface area contributed by atoms with E-state index in [0.29, 0.717) is 32.6 Å². The number of benzene rings is 1. The first-order valence-corrected chi connectivity index (χ1v) is 10.9. The average Bonchev–Trinajstić information content (AvgIpc) is 2.82. The van der Waals surface area contributed by atoms with Crippen molar-refractivity contribution in [2.75, 3.05) is 31.1 Å². The maximum atomic E-state index is 13.3. The summed E-state index contributed by atoms with van der Waals surface area (Å²) in [7, 11) is 0. The molecular weight excluding hydrogens is 443 g/mol. The number of halogens is 3. The van der Waals surface area contributed by atoms with Gasteiger partial charge >= 0.3 is 12.1 Å². The zero-order valence-corrected chi connectivity index (χ0v) is 18.3. The Morgan fingerprint density at radius 1 is 1.12 bits per heavy atom. The van der Waals surface area contributed by atoms with Crippen LogP contribution in [0.25, 0.3) is 0 Å². The molecular formula is C22H28F3N3O5. The zero-order valence-electron chi connectivity index (χ0n) is 18.3. The van der Waals surface area contributed by atoms with Crippen LogP contribution in [0, 0.1) is 11.8 Å². The summed E-state index contributed by atoms with van der Waals surface area (Å²) in [6.45, 7) is 3.78. The molecule has 3 atom stereocenters. The Hall–Kier alpha value is -2.82. The third-order valence-electron chi connectivity index (χ3n) is 6.51. The molecule has 33 heavy (non-hydrogen) atoms. The van der Waals surface area contributed by atoms with Gasteiger partial charge in [0.15, 0.2) is 0 Å². The lowest BCUT2D eigenvalue weighted by Gasteiger charge is -2.43. The van der Waals surface area contributed by atoms with E-state index in [4.69, 9.17) is 0 Å². The van der Waals surface area contributed by atoms with Gasteiger partial charge in [0.05, 0.1) is 17.4 Å². The Morgan fingerprint density at radius 3 is 2.33 bits per heavy atom. The SMILES string of the molecule is CC[C@@]1(O)CC[C@H](C(=O)N2CCN(c3ccccc3)CC2)[C@@H](C(=O)NOC(=O)C(F)(F)F)C1. The molecule has 8 nitrogen and oxygen atoms in total. The number of amides is 2. The maximum absolute atomic E-state index is 13.3. The predicted octanol–water partition coefficient (Wildman–Crippen LogP) is 2.03. The molecule has 11 heteroatoms. The second-order valence-electron chi connectivity index (χ2n) is 8.54. The number of nitrogens with zero attached hydrogens (tertiary/aromatic N) is 2. The van der Waals surface area contributed by atoms with E-state index >= 15 is 0 Å². The summed E-state index contributed by atoms with van der Waals surface area (Å²) in [5.41, 5.74) is 1.36. The van der Waals surface area contributed by atoms with Gasteiger partial charge in [-0.3, -0.25) is 9.59 Å². The summed E-state index contributed by atoms with van der Waals surface area (Å²) < 4.78 is 37.2. The lowest BCUT2D eigenvalue weighted by molar-refractivity contribution is -0.208. The lowest BCUT2D eigenvalue weighted by Crippen LogP contribution is -2.55. The number of carbonyl (C=O) groups is 3. The van der Waals surface area contributed by atoms with E-state index < -0.39 is 35.5 Å². The highest BCUT2D eigenvalue weighted by Crippen LogP contribution is 2.40. The number of rotatable bonds is 4. The molecule has 1 aromatic rings. The molecule has 0 aromatic heterocycles. The number of hydrogen-bond acceptors (Lipinski definition) is 6. The normalized spacial score (nSPS) is 26.0. The third kappa shape index (κ3) is 5.95. The Balaban J connectivity index is 1.66. The molecule has 182 valence electrons. The van der Waals surface area contributed by atoms with Gasteiger partial charge in [0.2, 0.25) is 5.91 Å². The fourth-order valence-electron chi connectivity index (χ4n) is 4.46. The molecule has 3 rings (SSSR count). The van der Waals surface area contributed by atoms with E-state index in [2.05, 4.69) is 9.74 Å². The highest BCUT2D eigenvalue weighted by molar-refractivity contribution is 5.88. The van der Waals surface area contributed by atoms with E-state index in [1.54, 1.807) is 11.8 Å². The highest BCUT2D eigenvalue weighted by Gasteiger charge is 2.47. The maximum Gasteiger partial charge on any atom is 0.493 e. The van der Waals surface area contributed by atoms with E-state index in [1.165, 1.54) is 5.48 Å². The molecule has 2 aliphatic rings. The van der Waals surface area contributed by atoms with Crippen molar-refractivity contribution in [2.24, 2.45) is 11.8 Å². The van der Waals surface area contributed by atoms with Crippen molar-refractivity contribution in [3.8, 4) is 0 Å². The van der Waals surface area contributed by atoms with Crippen LogP contribution < -0.4 is 10.4 Å². The standard InChI is InChI=1S/C22H28F3N3O5/c1-2-21(32)9-8-16(17(14-21)18(29)26-33-20(31)22(23,24)25)19(30)28-12-10-27(11-13-28)15-6-4-3-5-7-15/h3-7,16-17,32H,2,8-14H2,1H3,(H,26,29)/t16-,17-,21+/m0/s1. The van der Waals surface area contributed by atoms with Gasteiger partial charge < -0.3 is 19.7 Å². The van der Waals surface area contributed by atoms with Gasteiger partial charge in [0.25, 0.3) is 5.91 Å². The summed E-state index contributed by atoms with van der Waals surface area (Å²) in [6.07, 6.45) is -4.57. The van der Waals surface area contributed by atoms with Crippen LogP contribution in [-0.4, -0.2) is 65.7 Å². The van der Waals surface area contributed by atoms with Crippen LogP contribution in [0.1, 0.15) is 32.6 Å². The summed E-state index contributed by atoms with van der Waals surface area (Å²) >= 11 is 0. The van der Waals surface area contributed by atoms with E-state index in [0.717, 1.165) is 5.69 Å². The Morgan fingerprint density at radius 2 is 1.76 bits per heavy atom. The predicted molar refractivity (Wildman–Crippen MR) is 112 cm³/mol. The van der Waals surface area contributed by atoms with E-state index in [1.807, 2.05) is 30.3 Å². The largest absolute Gasteiger partial charge is 0.493 e. The Bertz CT molecular complexity index is 859. The monoisotopic (exact) mass is 471 g/mol. The molecule has 0 bridgehead atoms. The first-order chi connectivity index (χ1) is 15.5. The van der Waals surface area contributed by atoms with Crippen LogP contribution in [0.5, 0.6) is 0 Å². The number of hydroxylamine groups is 1. The van der Waals surface area contributed by atoms with Crippen LogP contribution >= 0.6 is 0 Å². The van der Waals surface area contributed by atoms with Crippen LogP contribution in [0.3, 0.4) is 0 Å². The number of nitrogens with one attached hydrogen (secondary N) is 1. The van der Waals surface area contributed by atoms with Gasteiger partial charge in [-0.25, -0.2) is 4.79 Å². The summed E-state index contributed by atoms with van der Waals surface area (Å²) in [4.78, 5) is 44.5. The van der Waals surface area contributed by atoms with E-state index in [-0.39, 0.29) is 25.2 Å². The second-order valence-corrected chi connectivity index (χ2v) is 8.54. The van der Waals surface area contributed by atoms with Crippen molar-refractivity contribution in [3.05, 3.63) is 30.3 Å². The molecule has 1 saturated carbocycles. The van der Waals surface area contributed by atoms with Crippen molar-refractivity contribution in [1.29, 1.82) is 0 Å². The van der Waals surface area contributed by atoms with Gasteiger partial charge in [-0.05, 0) is 37.8 Å².